The molecular formula is C23H22N4O. The van der Waals surface area contributed by atoms with Crippen molar-refractivity contribution in [1.29, 1.82) is 0 Å². The smallest absolute Gasteiger partial charge is 0.265 e. The van der Waals surface area contributed by atoms with Gasteiger partial charge in [-0.1, -0.05) is 48.0 Å². The monoisotopic (exact) mass is 370 g/mol. The predicted molar refractivity (Wildman–Crippen MR) is 110 cm³/mol. The molecule has 5 rings (SSSR count). The molecule has 2 aromatic heterocycles. The first-order chi connectivity index (χ1) is 13.6. The number of hydrogen-bond acceptors (Lipinski definition) is 3. The lowest BCUT2D eigenvalue weighted by Gasteiger charge is -2.11. The van der Waals surface area contributed by atoms with Crippen LogP contribution in [0.4, 0.5) is 0 Å². The van der Waals surface area contributed by atoms with Crippen molar-refractivity contribution in [1.82, 2.24) is 19.6 Å². The van der Waals surface area contributed by atoms with Crippen LogP contribution >= 0.6 is 0 Å². The highest BCUT2D eigenvalue weighted by Crippen LogP contribution is 2.41. The molecule has 0 amide bonds. The molecule has 0 atom stereocenters. The van der Waals surface area contributed by atoms with E-state index in [4.69, 9.17) is 5.10 Å². The zero-order valence-corrected chi connectivity index (χ0v) is 16.1. The van der Waals surface area contributed by atoms with Gasteiger partial charge in [0, 0.05) is 11.3 Å². The SMILES string of the molecule is Cc1ccc(-n2ncc3c(C4CC4)nn(Cc4ccccc4)c(=O)c32)c(C)c1. The average molecular weight is 370 g/mol. The van der Waals surface area contributed by atoms with Crippen LogP contribution in [0.2, 0.25) is 0 Å². The lowest BCUT2D eigenvalue weighted by Crippen LogP contribution is -2.26. The number of fused-ring (bicyclic) bond motifs is 1. The third kappa shape index (κ3) is 2.83. The molecule has 0 aliphatic heterocycles. The fourth-order valence-electron chi connectivity index (χ4n) is 3.84. The number of benzene rings is 2. The summed E-state index contributed by atoms with van der Waals surface area (Å²) in [6.07, 6.45) is 4.06. The van der Waals surface area contributed by atoms with Crippen LogP contribution in [0.3, 0.4) is 0 Å². The van der Waals surface area contributed by atoms with Crippen LogP contribution < -0.4 is 5.56 Å². The third-order valence-electron chi connectivity index (χ3n) is 5.43. The maximum atomic E-state index is 13.4. The van der Waals surface area contributed by atoms with E-state index in [1.54, 1.807) is 9.36 Å². The van der Waals surface area contributed by atoms with Crippen molar-refractivity contribution in [2.75, 3.05) is 0 Å². The minimum absolute atomic E-state index is 0.0965. The Labute approximate surface area is 163 Å². The van der Waals surface area contributed by atoms with Gasteiger partial charge in [-0.25, -0.2) is 9.36 Å². The van der Waals surface area contributed by atoms with E-state index in [-0.39, 0.29) is 5.56 Å². The quantitative estimate of drug-likeness (QED) is 0.543. The summed E-state index contributed by atoms with van der Waals surface area (Å²) in [7, 11) is 0. The molecule has 5 heteroatoms. The van der Waals surface area contributed by atoms with Crippen LogP contribution in [0.25, 0.3) is 16.6 Å². The normalized spacial score (nSPS) is 13.9. The Morgan fingerprint density at radius 2 is 1.86 bits per heavy atom. The number of aromatic nitrogens is 4. The molecule has 140 valence electrons. The van der Waals surface area contributed by atoms with E-state index in [1.165, 1.54) is 5.56 Å². The highest BCUT2D eigenvalue weighted by Gasteiger charge is 2.30. The average Bonchev–Trinajstić information content (AvgIpc) is 3.44. The zero-order chi connectivity index (χ0) is 19.3. The molecule has 1 saturated carbocycles. The number of nitrogens with zero attached hydrogens (tertiary/aromatic N) is 4. The highest BCUT2D eigenvalue weighted by atomic mass is 16.1. The van der Waals surface area contributed by atoms with Gasteiger partial charge in [-0.15, -0.1) is 0 Å². The summed E-state index contributed by atoms with van der Waals surface area (Å²) in [5.74, 6) is 0.432. The summed E-state index contributed by atoms with van der Waals surface area (Å²) in [5, 5.41) is 10.2. The van der Waals surface area contributed by atoms with Crippen LogP contribution in [0, 0.1) is 13.8 Å². The summed E-state index contributed by atoms with van der Waals surface area (Å²) >= 11 is 0. The van der Waals surface area contributed by atoms with Crippen molar-refractivity contribution < 1.29 is 0 Å². The van der Waals surface area contributed by atoms with Crippen LogP contribution in [-0.2, 0) is 6.54 Å². The molecule has 0 radical (unpaired) electrons. The van der Waals surface area contributed by atoms with Crippen LogP contribution in [0.15, 0.2) is 59.5 Å². The molecular weight excluding hydrogens is 348 g/mol. The predicted octanol–water partition coefficient (Wildman–Crippen LogP) is 4.12. The van der Waals surface area contributed by atoms with Crippen molar-refractivity contribution in [3.8, 4) is 5.69 Å². The summed E-state index contributed by atoms with van der Waals surface area (Å²) in [4.78, 5) is 13.4. The molecule has 0 unspecified atom stereocenters. The summed E-state index contributed by atoms with van der Waals surface area (Å²) in [5.41, 5.74) is 5.83. The Balaban J connectivity index is 1.74. The van der Waals surface area contributed by atoms with Gasteiger partial charge < -0.3 is 0 Å². The lowest BCUT2D eigenvalue weighted by atomic mass is 10.1. The first-order valence-electron chi connectivity index (χ1n) is 9.72. The molecule has 1 aliphatic rings. The Morgan fingerprint density at radius 1 is 1.07 bits per heavy atom. The molecule has 1 fully saturated rings. The van der Waals surface area contributed by atoms with Crippen LogP contribution in [0.1, 0.15) is 41.1 Å². The second-order valence-electron chi connectivity index (χ2n) is 7.72. The third-order valence-corrected chi connectivity index (χ3v) is 5.43. The topological polar surface area (TPSA) is 52.7 Å². The maximum absolute atomic E-state index is 13.4. The van der Waals surface area contributed by atoms with Gasteiger partial charge in [0.05, 0.1) is 24.1 Å². The molecule has 0 bridgehead atoms. The molecule has 2 heterocycles. The van der Waals surface area contributed by atoms with Crippen molar-refractivity contribution in [2.45, 2.75) is 39.2 Å². The van der Waals surface area contributed by atoms with E-state index >= 15 is 0 Å². The lowest BCUT2D eigenvalue weighted by molar-refractivity contribution is 0.626. The number of aryl methyl sites for hydroxylation is 2. The number of rotatable bonds is 4. The Kier molecular flexibility index (Phi) is 3.90. The zero-order valence-electron chi connectivity index (χ0n) is 16.1. The summed E-state index contributed by atoms with van der Waals surface area (Å²) in [6, 6.07) is 16.2. The summed E-state index contributed by atoms with van der Waals surface area (Å²) < 4.78 is 3.40. The second-order valence-corrected chi connectivity index (χ2v) is 7.72. The minimum Gasteiger partial charge on any atom is -0.265 e. The fraction of sp³-hybridized carbons (Fsp3) is 0.261. The first kappa shape index (κ1) is 16.9. The van der Waals surface area contributed by atoms with Gasteiger partial charge in [0.2, 0.25) is 0 Å². The van der Waals surface area contributed by atoms with Crippen molar-refractivity contribution in [3.63, 3.8) is 0 Å². The van der Waals surface area contributed by atoms with Crippen molar-refractivity contribution in [3.05, 3.63) is 87.5 Å². The first-order valence-corrected chi connectivity index (χ1v) is 9.72. The molecule has 4 aromatic rings. The minimum atomic E-state index is -0.0965. The Bertz CT molecular complexity index is 1230. The Morgan fingerprint density at radius 3 is 2.57 bits per heavy atom. The molecule has 2 aromatic carbocycles. The van der Waals surface area contributed by atoms with Gasteiger partial charge in [0.1, 0.15) is 5.52 Å². The van der Waals surface area contributed by atoms with Gasteiger partial charge in [0.15, 0.2) is 0 Å². The van der Waals surface area contributed by atoms with E-state index in [9.17, 15) is 4.79 Å². The maximum Gasteiger partial charge on any atom is 0.293 e. The molecule has 1 aliphatic carbocycles. The van der Waals surface area contributed by atoms with E-state index < -0.39 is 0 Å². The van der Waals surface area contributed by atoms with E-state index in [1.807, 2.05) is 42.6 Å². The summed E-state index contributed by atoms with van der Waals surface area (Å²) in [6.45, 7) is 4.59. The molecule has 28 heavy (non-hydrogen) atoms. The van der Waals surface area contributed by atoms with Crippen LogP contribution in [0.5, 0.6) is 0 Å². The van der Waals surface area contributed by atoms with Crippen molar-refractivity contribution >= 4 is 10.9 Å². The van der Waals surface area contributed by atoms with E-state index in [0.29, 0.717) is 18.0 Å². The second kappa shape index (κ2) is 6.44. The van der Waals surface area contributed by atoms with Crippen LogP contribution in [-0.4, -0.2) is 19.6 Å². The van der Waals surface area contributed by atoms with E-state index in [0.717, 1.165) is 40.7 Å². The molecule has 0 N–H and O–H groups in total. The Hall–Kier alpha value is -3.21. The van der Waals surface area contributed by atoms with Gasteiger partial charge in [-0.3, -0.25) is 4.79 Å². The number of hydrogen-bond donors (Lipinski definition) is 0. The molecule has 0 spiro atoms. The molecule has 5 nitrogen and oxygen atoms in total. The van der Waals surface area contributed by atoms with Gasteiger partial charge in [-0.2, -0.15) is 10.2 Å². The van der Waals surface area contributed by atoms with Crippen molar-refractivity contribution in [2.24, 2.45) is 0 Å². The standard InChI is InChI=1S/C23H22N4O/c1-15-8-11-20(16(2)12-15)27-22-19(13-24-27)21(18-9-10-18)25-26(23(22)28)14-17-6-4-3-5-7-17/h3-8,11-13,18H,9-10,14H2,1-2H3. The van der Waals surface area contributed by atoms with Gasteiger partial charge in [0.25, 0.3) is 5.56 Å². The molecule has 0 saturated heterocycles. The van der Waals surface area contributed by atoms with Gasteiger partial charge in [-0.05, 0) is 43.9 Å². The largest absolute Gasteiger partial charge is 0.293 e. The fourth-order valence-corrected chi connectivity index (χ4v) is 3.84. The van der Waals surface area contributed by atoms with E-state index in [2.05, 4.69) is 31.1 Å². The highest BCUT2D eigenvalue weighted by molar-refractivity contribution is 5.82. The van der Waals surface area contributed by atoms with Gasteiger partial charge >= 0.3 is 0 Å².